The molecule has 0 amide bonds. The van der Waals surface area contributed by atoms with Gasteiger partial charge in [0.1, 0.15) is 0 Å². The molecule has 0 saturated heterocycles. The van der Waals surface area contributed by atoms with Gasteiger partial charge in [0, 0.05) is 0 Å². The lowest BCUT2D eigenvalue weighted by Gasteiger charge is -2.61. The Hall–Kier alpha value is 0. The molecule has 0 nitrogen and oxygen atoms in total. The minimum absolute atomic E-state index is 0.665. The minimum atomic E-state index is 0.665. The van der Waals surface area contributed by atoms with E-state index in [0.29, 0.717) is 10.8 Å². The van der Waals surface area contributed by atoms with Crippen molar-refractivity contribution in [1.29, 1.82) is 0 Å². The van der Waals surface area contributed by atoms with Gasteiger partial charge in [0.15, 0.2) is 0 Å². The largest absolute Gasteiger partial charge is 0.0651 e. The quantitative estimate of drug-likeness (QED) is 0.417. The third-order valence-corrected chi connectivity index (χ3v) is 11.8. The highest BCUT2D eigenvalue weighted by Gasteiger charge is 2.60. The van der Waals surface area contributed by atoms with Crippen LogP contribution in [0.3, 0.4) is 0 Å². The topological polar surface area (TPSA) is 0 Å². The summed E-state index contributed by atoms with van der Waals surface area (Å²) < 4.78 is 0. The summed E-state index contributed by atoms with van der Waals surface area (Å²) in [5, 5.41) is 0. The van der Waals surface area contributed by atoms with E-state index in [0.717, 1.165) is 47.3 Å². The standard InChI is InChI=1S/C29H52/c1-7-22(20(2)3)12-11-21(4)25-15-16-26-24-14-13-23-10-8-9-18-28(23,5)27(24)17-19-29(25,26)6/h20-27H,7-19H2,1-6H3/t21-,22+,23-,24+,25-,26+,27+,28+,29-/m1/s1. The van der Waals surface area contributed by atoms with Crippen LogP contribution in [-0.2, 0) is 0 Å². The van der Waals surface area contributed by atoms with Gasteiger partial charge in [-0.05, 0) is 116 Å². The summed E-state index contributed by atoms with van der Waals surface area (Å²) in [4.78, 5) is 0. The molecule has 0 spiro atoms. The van der Waals surface area contributed by atoms with Crippen molar-refractivity contribution in [3.05, 3.63) is 0 Å². The molecule has 4 saturated carbocycles. The van der Waals surface area contributed by atoms with E-state index in [1.165, 1.54) is 32.1 Å². The molecule has 0 bridgehead atoms. The summed E-state index contributed by atoms with van der Waals surface area (Å²) >= 11 is 0. The van der Waals surface area contributed by atoms with Gasteiger partial charge in [-0.1, -0.05) is 67.2 Å². The fourth-order valence-electron chi connectivity index (χ4n) is 9.96. The van der Waals surface area contributed by atoms with Crippen LogP contribution in [0.4, 0.5) is 0 Å². The van der Waals surface area contributed by atoms with Gasteiger partial charge >= 0.3 is 0 Å². The van der Waals surface area contributed by atoms with E-state index < -0.39 is 0 Å². The lowest BCUT2D eigenvalue weighted by molar-refractivity contribution is -0.114. The van der Waals surface area contributed by atoms with Crippen LogP contribution in [0.5, 0.6) is 0 Å². The van der Waals surface area contributed by atoms with Crippen molar-refractivity contribution in [2.24, 2.45) is 58.2 Å². The number of rotatable bonds is 6. The van der Waals surface area contributed by atoms with E-state index in [2.05, 4.69) is 41.5 Å². The number of hydrogen-bond acceptors (Lipinski definition) is 0. The smallest absolute Gasteiger partial charge is 0.0264 e. The first-order valence-corrected chi connectivity index (χ1v) is 13.8. The summed E-state index contributed by atoms with van der Waals surface area (Å²) in [5.41, 5.74) is 1.37. The first-order chi connectivity index (χ1) is 13.8. The molecule has 0 aliphatic heterocycles. The zero-order valence-corrected chi connectivity index (χ0v) is 20.8. The molecule has 0 aromatic heterocycles. The molecule has 0 radical (unpaired) electrons. The van der Waals surface area contributed by atoms with Crippen LogP contribution in [0.1, 0.15) is 125 Å². The third-order valence-electron chi connectivity index (χ3n) is 11.8. The van der Waals surface area contributed by atoms with Gasteiger partial charge in [-0.25, -0.2) is 0 Å². The van der Waals surface area contributed by atoms with Crippen LogP contribution in [0.2, 0.25) is 0 Å². The summed E-state index contributed by atoms with van der Waals surface area (Å²) in [6.45, 7) is 15.4. The average molecular weight is 401 g/mol. The second kappa shape index (κ2) is 8.50. The van der Waals surface area contributed by atoms with Crippen LogP contribution in [0, 0.1) is 58.2 Å². The predicted octanol–water partition coefficient (Wildman–Crippen LogP) is 9.13. The summed E-state index contributed by atoms with van der Waals surface area (Å²) in [7, 11) is 0. The molecule has 29 heavy (non-hydrogen) atoms. The van der Waals surface area contributed by atoms with Gasteiger partial charge in [0.25, 0.3) is 0 Å². The molecule has 0 unspecified atom stereocenters. The first-order valence-electron chi connectivity index (χ1n) is 13.8. The second-order valence-electron chi connectivity index (χ2n) is 13.1. The molecule has 0 aromatic rings. The van der Waals surface area contributed by atoms with E-state index in [9.17, 15) is 0 Å². The maximum Gasteiger partial charge on any atom is -0.0264 e. The summed E-state index contributed by atoms with van der Waals surface area (Å²) in [6.07, 6.45) is 19.8. The molecule has 0 N–H and O–H groups in total. The average Bonchev–Trinajstić information content (AvgIpc) is 3.05. The van der Waals surface area contributed by atoms with Crippen molar-refractivity contribution >= 4 is 0 Å². The van der Waals surface area contributed by atoms with Gasteiger partial charge in [0.05, 0.1) is 0 Å². The van der Waals surface area contributed by atoms with Crippen LogP contribution < -0.4 is 0 Å². The highest BCUT2D eigenvalue weighted by Crippen LogP contribution is 2.68. The predicted molar refractivity (Wildman–Crippen MR) is 127 cm³/mol. The SMILES string of the molecule is CC[C@@H](CC[C@@H](C)[C@H]1CC[C@H]2[C@@H]3CC[C@H]4CCCC[C@]4(C)[C@H]3CC[C@]12C)C(C)C. The Balaban J connectivity index is 1.45. The highest BCUT2D eigenvalue weighted by atomic mass is 14.6. The molecule has 4 fully saturated rings. The van der Waals surface area contributed by atoms with E-state index in [-0.39, 0.29) is 0 Å². The Morgan fingerprint density at radius 2 is 1.52 bits per heavy atom. The fourth-order valence-corrected chi connectivity index (χ4v) is 9.96. The van der Waals surface area contributed by atoms with Gasteiger partial charge in [-0.2, -0.15) is 0 Å². The lowest BCUT2D eigenvalue weighted by Crippen LogP contribution is -2.53. The maximum absolute atomic E-state index is 2.76. The Kier molecular flexibility index (Phi) is 6.51. The first kappa shape index (κ1) is 22.2. The summed E-state index contributed by atoms with van der Waals surface area (Å²) in [6, 6.07) is 0. The Labute approximate surface area is 183 Å². The van der Waals surface area contributed by atoms with Crippen LogP contribution >= 0.6 is 0 Å². The molecule has 9 atom stereocenters. The van der Waals surface area contributed by atoms with Crippen molar-refractivity contribution in [2.45, 2.75) is 125 Å². The van der Waals surface area contributed by atoms with Gasteiger partial charge < -0.3 is 0 Å². The van der Waals surface area contributed by atoms with Crippen molar-refractivity contribution < 1.29 is 0 Å². The molecule has 4 aliphatic rings. The highest BCUT2D eigenvalue weighted by molar-refractivity contribution is 5.09. The molecule has 168 valence electrons. The Morgan fingerprint density at radius 1 is 0.759 bits per heavy atom. The van der Waals surface area contributed by atoms with Gasteiger partial charge in [-0.3, -0.25) is 0 Å². The molecular weight excluding hydrogens is 348 g/mol. The van der Waals surface area contributed by atoms with Crippen molar-refractivity contribution in [2.75, 3.05) is 0 Å². The zero-order valence-electron chi connectivity index (χ0n) is 20.8. The number of hydrogen-bond donors (Lipinski definition) is 0. The van der Waals surface area contributed by atoms with Crippen LogP contribution in [-0.4, -0.2) is 0 Å². The minimum Gasteiger partial charge on any atom is -0.0651 e. The second-order valence-corrected chi connectivity index (χ2v) is 13.1. The molecule has 4 aliphatic carbocycles. The zero-order chi connectivity index (χ0) is 20.8. The third kappa shape index (κ3) is 3.75. The molecule has 0 aromatic carbocycles. The van der Waals surface area contributed by atoms with E-state index >= 15 is 0 Å². The van der Waals surface area contributed by atoms with Gasteiger partial charge in [0.2, 0.25) is 0 Å². The van der Waals surface area contributed by atoms with Gasteiger partial charge in [-0.15, -0.1) is 0 Å². The van der Waals surface area contributed by atoms with E-state index in [1.807, 2.05) is 0 Å². The molecule has 4 rings (SSSR count). The van der Waals surface area contributed by atoms with Crippen molar-refractivity contribution in [3.63, 3.8) is 0 Å². The fraction of sp³-hybridized carbons (Fsp3) is 1.00. The molecule has 0 heterocycles. The van der Waals surface area contributed by atoms with Crippen LogP contribution in [0.25, 0.3) is 0 Å². The Bertz CT molecular complexity index is 548. The van der Waals surface area contributed by atoms with Crippen molar-refractivity contribution in [1.82, 2.24) is 0 Å². The van der Waals surface area contributed by atoms with E-state index in [4.69, 9.17) is 0 Å². The van der Waals surface area contributed by atoms with Crippen molar-refractivity contribution in [3.8, 4) is 0 Å². The number of fused-ring (bicyclic) bond motifs is 5. The molecular formula is C29H52. The Morgan fingerprint density at radius 3 is 2.24 bits per heavy atom. The molecule has 0 heteroatoms. The van der Waals surface area contributed by atoms with Crippen LogP contribution in [0.15, 0.2) is 0 Å². The maximum atomic E-state index is 2.76. The normalized spacial score (nSPS) is 46.7. The summed E-state index contributed by atoms with van der Waals surface area (Å²) in [5.74, 6) is 8.02. The lowest BCUT2D eigenvalue weighted by atomic mass is 9.44. The van der Waals surface area contributed by atoms with E-state index in [1.54, 1.807) is 51.4 Å². The monoisotopic (exact) mass is 400 g/mol.